The van der Waals surface area contributed by atoms with E-state index in [1.54, 1.807) is 0 Å². The Bertz CT molecular complexity index is 205. The molecule has 0 rings (SSSR count). The van der Waals surface area contributed by atoms with Crippen LogP contribution in [0.15, 0.2) is 0 Å². The lowest BCUT2D eigenvalue weighted by Crippen LogP contribution is -2.44. The van der Waals surface area contributed by atoms with Crippen molar-refractivity contribution < 1.29 is 4.43 Å². The highest BCUT2D eigenvalue weighted by molar-refractivity contribution is 6.74. The Morgan fingerprint density at radius 3 is 2.15 bits per heavy atom. The van der Waals surface area contributed by atoms with E-state index in [1.165, 1.54) is 0 Å². The van der Waals surface area contributed by atoms with E-state index in [0.29, 0.717) is 0 Å². The van der Waals surface area contributed by atoms with E-state index in [1.807, 2.05) is 0 Å². The minimum Gasteiger partial charge on any atom is -0.400 e. The first kappa shape index (κ1) is 13.0. The third-order valence-corrected chi connectivity index (χ3v) is 7.29. The van der Waals surface area contributed by atoms with Gasteiger partial charge in [0.15, 0.2) is 8.32 Å². The summed E-state index contributed by atoms with van der Waals surface area (Å²) in [6.07, 6.45) is -0.456. The first-order valence-electron chi connectivity index (χ1n) is 4.38. The maximum absolute atomic E-state index is 8.72. The second-order valence-electron chi connectivity index (χ2n) is 4.65. The number of rotatable bonds is 3. The van der Waals surface area contributed by atoms with Crippen LogP contribution in [0.3, 0.4) is 0 Å². The zero-order chi connectivity index (χ0) is 10.7. The monoisotopic (exact) mass is 219 g/mol. The van der Waals surface area contributed by atoms with Gasteiger partial charge >= 0.3 is 0 Å². The van der Waals surface area contributed by atoms with E-state index >= 15 is 0 Å². The van der Waals surface area contributed by atoms with Crippen LogP contribution in [0.5, 0.6) is 0 Å². The van der Waals surface area contributed by atoms with Gasteiger partial charge in [-0.05, 0) is 18.1 Å². The van der Waals surface area contributed by atoms with Crippen LogP contribution in [0.1, 0.15) is 20.8 Å². The lowest BCUT2D eigenvalue weighted by molar-refractivity contribution is 0.252. The molecule has 4 heteroatoms. The normalized spacial score (nSPS) is 15.2. The molecule has 1 unspecified atom stereocenters. The van der Waals surface area contributed by atoms with Crippen molar-refractivity contribution in [2.45, 2.75) is 45.0 Å². The first-order valence-corrected chi connectivity index (χ1v) is 7.82. The van der Waals surface area contributed by atoms with Gasteiger partial charge in [0, 0.05) is 0 Å². The van der Waals surface area contributed by atoms with Gasteiger partial charge in [-0.25, -0.2) is 0 Å². The zero-order valence-corrected chi connectivity index (χ0v) is 10.8. The molecule has 0 bridgehead atoms. The summed E-state index contributed by atoms with van der Waals surface area (Å²) in [4.78, 5) is 0. The lowest BCUT2D eigenvalue weighted by atomic mass is 10.2. The van der Waals surface area contributed by atoms with Crippen molar-refractivity contribution in [1.29, 1.82) is 5.26 Å². The van der Waals surface area contributed by atoms with Gasteiger partial charge in [-0.2, -0.15) is 5.26 Å². The van der Waals surface area contributed by atoms with Gasteiger partial charge in [-0.15, -0.1) is 11.6 Å². The predicted molar refractivity (Wildman–Crippen MR) is 58.4 cm³/mol. The lowest BCUT2D eigenvalue weighted by Gasteiger charge is -2.37. The van der Waals surface area contributed by atoms with Crippen LogP contribution < -0.4 is 0 Å². The molecule has 0 radical (unpaired) electrons. The van der Waals surface area contributed by atoms with Gasteiger partial charge in [0.1, 0.15) is 6.10 Å². The average Bonchev–Trinajstić information content (AvgIpc) is 1.98. The first-order chi connectivity index (χ1) is 5.74. The van der Waals surface area contributed by atoms with Crippen LogP contribution in [0.2, 0.25) is 18.1 Å². The maximum Gasteiger partial charge on any atom is 0.193 e. The Labute approximate surface area is 87.0 Å². The standard InChI is InChI=1S/C9H18ClNOSi/c1-9(2,3)13(4,5)12-8(6-10)7-11/h8H,6H2,1-5H3. The molecule has 0 heterocycles. The van der Waals surface area contributed by atoms with E-state index < -0.39 is 14.4 Å². The number of halogens is 1. The summed E-state index contributed by atoms with van der Waals surface area (Å²) in [5, 5.41) is 8.85. The molecule has 0 aromatic carbocycles. The molecular formula is C9H18ClNOSi. The highest BCUT2D eigenvalue weighted by atomic mass is 35.5. The SMILES string of the molecule is CC(C)(C)[Si](C)(C)OC(C#N)CCl. The van der Waals surface area contributed by atoms with Crippen molar-refractivity contribution in [3.8, 4) is 6.07 Å². The van der Waals surface area contributed by atoms with E-state index in [4.69, 9.17) is 21.3 Å². The summed E-state index contributed by atoms with van der Waals surface area (Å²) in [7, 11) is -1.82. The summed E-state index contributed by atoms with van der Waals surface area (Å²) in [6, 6.07) is 2.06. The Kier molecular flexibility index (Phi) is 4.44. The highest BCUT2D eigenvalue weighted by Gasteiger charge is 2.39. The number of hydrogen-bond donors (Lipinski definition) is 0. The second kappa shape index (κ2) is 4.45. The predicted octanol–water partition coefficient (Wildman–Crippen LogP) is 3.14. The molecule has 0 aliphatic rings. The van der Waals surface area contributed by atoms with Crippen LogP contribution >= 0.6 is 11.6 Å². The summed E-state index contributed by atoms with van der Waals surface area (Å²) in [5.41, 5.74) is 0. The smallest absolute Gasteiger partial charge is 0.193 e. The van der Waals surface area contributed by atoms with Gasteiger partial charge < -0.3 is 4.43 Å². The van der Waals surface area contributed by atoms with Gasteiger partial charge in [0.2, 0.25) is 0 Å². The van der Waals surface area contributed by atoms with Crippen LogP contribution in [0.4, 0.5) is 0 Å². The molecule has 0 saturated carbocycles. The molecular weight excluding hydrogens is 202 g/mol. The summed E-state index contributed by atoms with van der Waals surface area (Å²) < 4.78 is 5.75. The van der Waals surface area contributed by atoms with Gasteiger partial charge in [-0.3, -0.25) is 0 Å². The zero-order valence-electron chi connectivity index (χ0n) is 9.02. The van der Waals surface area contributed by atoms with Gasteiger partial charge in [0.25, 0.3) is 0 Å². The third-order valence-electron chi connectivity index (χ3n) is 2.53. The summed E-state index contributed by atoms with van der Waals surface area (Å²) in [6.45, 7) is 10.7. The average molecular weight is 220 g/mol. The molecule has 0 aliphatic heterocycles. The molecule has 0 fully saturated rings. The molecule has 0 spiro atoms. The van der Waals surface area contributed by atoms with Crippen molar-refractivity contribution in [2.75, 3.05) is 5.88 Å². The summed E-state index contributed by atoms with van der Waals surface area (Å²) >= 11 is 5.60. The second-order valence-corrected chi connectivity index (χ2v) is 9.72. The van der Waals surface area contributed by atoms with Crippen LogP contribution in [0.25, 0.3) is 0 Å². The largest absolute Gasteiger partial charge is 0.400 e. The van der Waals surface area contributed by atoms with Crippen LogP contribution in [-0.4, -0.2) is 20.3 Å². The Morgan fingerprint density at radius 2 is 1.92 bits per heavy atom. The fraction of sp³-hybridized carbons (Fsp3) is 0.889. The van der Waals surface area contributed by atoms with Gasteiger partial charge in [0.05, 0.1) is 11.9 Å². The fourth-order valence-electron chi connectivity index (χ4n) is 0.625. The molecule has 2 nitrogen and oxygen atoms in total. The number of alkyl halides is 1. The minimum atomic E-state index is -1.82. The quantitative estimate of drug-likeness (QED) is 0.540. The fourth-order valence-corrected chi connectivity index (χ4v) is 2.06. The van der Waals surface area contributed by atoms with E-state index in [0.717, 1.165) is 0 Å². The molecule has 0 aliphatic carbocycles. The van der Waals surface area contributed by atoms with Crippen molar-refractivity contribution in [3.63, 3.8) is 0 Å². The molecule has 0 aromatic rings. The van der Waals surface area contributed by atoms with Crippen molar-refractivity contribution >= 4 is 19.9 Å². The van der Waals surface area contributed by atoms with Gasteiger partial charge in [-0.1, -0.05) is 20.8 Å². The molecule has 76 valence electrons. The number of hydrogen-bond acceptors (Lipinski definition) is 2. The van der Waals surface area contributed by atoms with Crippen LogP contribution in [0, 0.1) is 11.3 Å². The topological polar surface area (TPSA) is 33.0 Å². The molecule has 0 amide bonds. The van der Waals surface area contributed by atoms with Crippen molar-refractivity contribution in [3.05, 3.63) is 0 Å². The molecule has 0 saturated heterocycles. The third kappa shape index (κ3) is 3.68. The van der Waals surface area contributed by atoms with E-state index in [2.05, 4.69) is 39.9 Å². The number of nitriles is 1. The molecule has 0 aromatic heterocycles. The maximum atomic E-state index is 8.72. The summed E-state index contributed by atoms with van der Waals surface area (Å²) in [5.74, 6) is 0.253. The van der Waals surface area contributed by atoms with E-state index in [9.17, 15) is 0 Å². The van der Waals surface area contributed by atoms with Crippen LogP contribution in [-0.2, 0) is 4.43 Å². The number of nitrogens with zero attached hydrogens (tertiary/aromatic N) is 1. The van der Waals surface area contributed by atoms with Crippen molar-refractivity contribution in [2.24, 2.45) is 0 Å². The molecule has 1 atom stereocenters. The van der Waals surface area contributed by atoms with Crippen molar-refractivity contribution in [1.82, 2.24) is 0 Å². The van der Waals surface area contributed by atoms with E-state index in [-0.39, 0.29) is 10.9 Å². The minimum absolute atomic E-state index is 0.133. The molecule has 13 heavy (non-hydrogen) atoms. The molecule has 0 N–H and O–H groups in total. The Morgan fingerprint density at radius 1 is 1.46 bits per heavy atom. The Balaban J connectivity index is 4.43. The Hall–Kier alpha value is -0.0431. The highest BCUT2D eigenvalue weighted by Crippen LogP contribution is 2.37.